The first-order valence-electron chi connectivity index (χ1n) is 6.40. The fraction of sp³-hybridized carbons (Fsp3) is 0.538. The van der Waals surface area contributed by atoms with Crippen LogP contribution in [0.2, 0.25) is 0 Å². The van der Waals surface area contributed by atoms with Gasteiger partial charge in [-0.15, -0.1) is 0 Å². The highest BCUT2D eigenvalue weighted by atomic mass is 32.2. The molecule has 0 atom stereocenters. The van der Waals surface area contributed by atoms with Crippen LogP contribution < -0.4 is 10.5 Å². The molecule has 7 heteroatoms. The second kappa shape index (κ2) is 8.21. The summed E-state index contributed by atoms with van der Waals surface area (Å²) in [6.07, 6.45) is 0.657. The molecule has 0 aliphatic heterocycles. The molecule has 1 aromatic rings. The van der Waals surface area contributed by atoms with Crippen molar-refractivity contribution < 1.29 is 17.9 Å². The van der Waals surface area contributed by atoms with Crippen LogP contribution in [0, 0.1) is 0 Å². The molecule has 20 heavy (non-hydrogen) atoms. The highest BCUT2D eigenvalue weighted by Gasteiger charge is 2.20. The lowest BCUT2D eigenvalue weighted by molar-refractivity contribution is 0.189. The van der Waals surface area contributed by atoms with Crippen LogP contribution in [0.5, 0.6) is 5.75 Å². The predicted octanol–water partition coefficient (Wildman–Crippen LogP) is 0.681. The van der Waals surface area contributed by atoms with Gasteiger partial charge in [-0.1, -0.05) is 0 Å². The zero-order valence-electron chi connectivity index (χ0n) is 11.9. The molecule has 0 amide bonds. The Morgan fingerprint density at radius 3 is 2.40 bits per heavy atom. The lowest BCUT2D eigenvalue weighted by Gasteiger charge is -2.17. The third-order valence-corrected chi connectivity index (χ3v) is 4.61. The van der Waals surface area contributed by atoms with Crippen LogP contribution in [0.4, 0.5) is 0 Å². The van der Waals surface area contributed by atoms with E-state index in [1.54, 1.807) is 26.3 Å². The maximum atomic E-state index is 12.3. The van der Waals surface area contributed by atoms with Crippen LogP contribution in [0.15, 0.2) is 29.2 Å². The number of methoxy groups -OCH3 is 1. The van der Waals surface area contributed by atoms with Gasteiger partial charge in [0.1, 0.15) is 12.4 Å². The van der Waals surface area contributed by atoms with E-state index in [-0.39, 0.29) is 4.90 Å². The molecule has 0 saturated carbocycles. The van der Waals surface area contributed by atoms with E-state index in [0.29, 0.717) is 38.5 Å². The number of hydrogen-bond acceptors (Lipinski definition) is 5. The number of nitrogens with zero attached hydrogens (tertiary/aromatic N) is 1. The molecule has 1 aromatic carbocycles. The first kappa shape index (κ1) is 16.9. The monoisotopic (exact) mass is 302 g/mol. The van der Waals surface area contributed by atoms with Gasteiger partial charge in [-0.3, -0.25) is 0 Å². The predicted molar refractivity (Wildman–Crippen MR) is 77.3 cm³/mol. The van der Waals surface area contributed by atoms with E-state index in [0.717, 1.165) is 0 Å². The Bertz CT molecular complexity index is 488. The van der Waals surface area contributed by atoms with E-state index in [9.17, 15) is 8.42 Å². The summed E-state index contributed by atoms with van der Waals surface area (Å²) in [6.45, 7) is 1.78. The molecule has 0 radical (unpaired) electrons. The Labute approximate surface area is 120 Å². The zero-order chi connectivity index (χ0) is 15.0. The normalized spacial score (nSPS) is 11.8. The summed E-state index contributed by atoms with van der Waals surface area (Å²) >= 11 is 0. The molecule has 6 nitrogen and oxygen atoms in total. The van der Waals surface area contributed by atoms with Crippen molar-refractivity contribution >= 4 is 10.0 Å². The molecular weight excluding hydrogens is 280 g/mol. The third kappa shape index (κ3) is 4.75. The molecule has 0 bridgehead atoms. The van der Waals surface area contributed by atoms with Crippen molar-refractivity contribution in [3.8, 4) is 5.75 Å². The van der Waals surface area contributed by atoms with Crippen molar-refractivity contribution in [2.45, 2.75) is 11.3 Å². The second-order valence-electron chi connectivity index (χ2n) is 4.28. The van der Waals surface area contributed by atoms with Crippen molar-refractivity contribution in [2.24, 2.45) is 5.73 Å². The number of hydrogen-bond donors (Lipinski definition) is 1. The minimum Gasteiger partial charge on any atom is -0.492 e. The number of ether oxygens (including phenoxy) is 2. The van der Waals surface area contributed by atoms with E-state index >= 15 is 0 Å². The van der Waals surface area contributed by atoms with Gasteiger partial charge in [0.25, 0.3) is 0 Å². The first-order chi connectivity index (χ1) is 9.52. The fourth-order valence-electron chi connectivity index (χ4n) is 1.62. The number of sulfonamides is 1. The second-order valence-corrected chi connectivity index (χ2v) is 6.33. The van der Waals surface area contributed by atoms with Crippen LogP contribution in [-0.4, -0.2) is 53.2 Å². The van der Waals surface area contributed by atoms with Gasteiger partial charge in [0.05, 0.1) is 4.90 Å². The summed E-state index contributed by atoms with van der Waals surface area (Å²) in [6, 6.07) is 6.33. The van der Waals surface area contributed by atoms with Gasteiger partial charge < -0.3 is 15.2 Å². The van der Waals surface area contributed by atoms with E-state index in [1.165, 1.54) is 16.4 Å². The third-order valence-electron chi connectivity index (χ3n) is 2.74. The summed E-state index contributed by atoms with van der Waals surface area (Å²) in [5.41, 5.74) is 5.34. The van der Waals surface area contributed by atoms with Crippen LogP contribution >= 0.6 is 0 Å². The van der Waals surface area contributed by atoms with Gasteiger partial charge in [0.2, 0.25) is 10.0 Å². The summed E-state index contributed by atoms with van der Waals surface area (Å²) in [7, 11) is -0.308. The molecular formula is C13H22N2O4S. The minimum absolute atomic E-state index is 0.248. The number of benzene rings is 1. The lowest BCUT2D eigenvalue weighted by Crippen LogP contribution is -2.28. The molecule has 114 valence electrons. The van der Waals surface area contributed by atoms with Gasteiger partial charge >= 0.3 is 0 Å². The zero-order valence-corrected chi connectivity index (χ0v) is 12.7. The van der Waals surface area contributed by atoms with Crippen molar-refractivity contribution in [2.75, 3.05) is 40.5 Å². The summed E-state index contributed by atoms with van der Waals surface area (Å²) in [5.74, 6) is 0.608. The molecule has 1 rings (SSSR count). The average molecular weight is 302 g/mol. The Balaban J connectivity index is 2.71. The van der Waals surface area contributed by atoms with Gasteiger partial charge in [0.15, 0.2) is 0 Å². The maximum Gasteiger partial charge on any atom is 0.242 e. The molecule has 0 heterocycles. The number of rotatable bonds is 9. The number of nitrogens with two attached hydrogens (primary N) is 1. The largest absolute Gasteiger partial charge is 0.492 e. The van der Waals surface area contributed by atoms with Crippen LogP contribution in [-0.2, 0) is 14.8 Å². The molecule has 0 aromatic heterocycles. The van der Waals surface area contributed by atoms with Crippen molar-refractivity contribution in [3.63, 3.8) is 0 Å². The summed E-state index contributed by atoms with van der Waals surface area (Å²) in [5, 5.41) is 0. The first-order valence-corrected chi connectivity index (χ1v) is 7.84. The molecule has 2 N–H and O–H groups in total. The SMILES string of the molecule is COCCCN(C)S(=O)(=O)c1ccc(OCCN)cc1. The Morgan fingerprint density at radius 1 is 1.20 bits per heavy atom. The smallest absolute Gasteiger partial charge is 0.242 e. The van der Waals surface area contributed by atoms with Gasteiger partial charge in [-0.05, 0) is 30.7 Å². The Kier molecular flexibility index (Phi) is 6.94. The average Bonchev–Trinajstić information content (AvgIpc) is 2.45. The molecule has 0 saturated heterocycles. The molecule has 0 aliphatic rings. The Morgan fingerprint density at radius 2 is 1.85 bits per heavy atom. The maximum absolute atomic E-state index is 12.3. The molecule has 0 unspecified atom stereocenters. The fourth-order valence-corrected chi connectivity index (χ4v) is 2.83. The highest BCUT2D eigenvalue weighted by molar-refractivity contribution is 7.89. The molecule has 0 aliphatic carbocycles. The summed E-state index contributed by atoms with van der Waals surface area (Å²) < 4.78 is 36.1. The van der Waals surface area contributed by atoms with Gasteiger partial charge in [0, 0.05) is 33.9 Å². The topological polar surface area (TPSA) is 81.9 Å². The standard InChI is InChI=1S/C13H22N2O4S/c1-15(9-3-10-18-2)20(16,17)13-6-4-12(5-7-13)19-11-8-14/h4-7H,3,8-11,14H2,1-2H3. The van der Waals surface area contributed by atoms with E-state index in [2.05, 4.69) is 0 Å². The van der Waals surface area contributed by atoms with E-state index in [1.807, 2.05) is 0 Å². The molecule has 0 fully saturated rings. The summed E-state index contributed by atoms with van der Waals surface area (Å²) in [4.78, 5) is 0.248. The van der Waals surface area contributed by atoms with E-state index < -0.39 is 10.0 Å². The van der Waals surface area contributed by atoms with Crippen molar-refractivity contribution in [1.29, 1.82) is 0 Å². The minimum atomic E-state index is -3.46. The van der Waals surface area contributed by atoms with Crippen molar-refractivity contribution in [3.05, 3.63) is 24.3 Å². The highest BCUT2D eigenvalue weighted by Crippen LogP contribution is 2.18. The quantitative estimate of drug-likeness (QED) is 0.678. The van der Waals surface area contributed by atoms with Crippen LogP contribution in [0.1, 0.15) is 6.42 Å². The molecule has 0 spiro atoms. The van der Waals surface area contributed by atoms with Crippen LogP contribution in [0.25, 0.3) is 0 Å². The van der Waals surface area contributed by atoms with Crippen LogP contribution in [0.3, 0.4) is 0 Å². The van der Waals surface area contributed by atoms with Gasteiger partial charge in [-0.2, -0.15) is 0 Å². The van der Waals surface area contributed by atoms with Gasteiger partial charge in [-0.25, -0.2) is 12.7 Å². The van der Waals surface area contributed by atoms with Crippen molar-refractivity contribution in [1.82, 2.24) is 4.31 Å². The van der Waals surface area contributed by atoms with E-state index in [4.69, 9.17) is 15.2 Å². The lowest BCUT2D eigenvalue weighted by atomic mass is 10.3. The Hall–Kier alpha value is -1.15.